The van der Waals surface area contributed by atoms with Gasteiger partial charge in [0.15, 0.2) is 0 Å². The van der Waals surface area contributed by atoms with E-state index in [1.165, 1.54) is 0 Å². The number of benzene rings is 2. The fourth-order valence-corrected chi connectivity index (χ4v) is 3.95. The number of carbonyl (C=O) groups is 2. The molecule has 4 aromatic rings. The molecule has 0 aliphatic heterocycles. The van der Waals surface area contributed by atoms with Crippen molar-refractivity contribution in [3.63, 3.8) is 0 Å². The first-order valence-corrected chi connectivity index (χ1v) is 11.8. The van der Waals surface area contributed by atoms with Gasteiger partial charge >= 0.3 is 0 Å². The van der Waals surface area contributed by atoms with Gasteiger partial charge in [-0.3, -0.25) is 14.6 Å². The average Bonchev–Trinajstić information content (AvgIpc) is 3.27. The van der Waals surface area contributed by atoms with Crippen LogP contribution in [-0.4, -0.2) is 43.2 Å². The number of amides is 2. The molecule has 8 nitrogen and oxygen atoms in total. The van der Waals surface area contributed by atoms with Crippen LogP contribution in [0.15, 0.2) is 79.1 Å². The third-order valence-electron chi connectivity index (χ3n) is 5.80. The first-order valence-electron chi connectivity index (χ1n) is 11.8. The molecule has 35 heavy (non-hydrogen) atoms. The third kappa shape index (κ3) is 6.09. The maximum atomic E-state index is 13.8. The Balaban J connectivity index is 1.68. The first kappa shape index (κ1) is 24.1. The van der Waals surface area contributed by atoms with Gasteiger partial charge in [0.25, 0.3) is 0 Å². The van der Waals surface area contributed by atoms with Crippen LogP contribution in [-0.2, 0) is 22.7 Å². The second-order valence-corrected chi connectivity index (χ2v) is 8.91. The zero-order valence-electron chi connectivity index (χ0n) is 20.0. The van der Waals surface area contributed by atoms with E-state index < -0.39 is 6.04 Å². The quantitative estimate of drug-likeness (QED) is 0.381. The molecule has 0 saturated carbocycles. The third-order valence-corrected chi connectivity index (χ3v) is 5.80. The summed E-state index contributed by atoms with van der Waals surface area (Å²) in [5, 5.41) is 11.4. The Bertz CT molecular complexity index is 1260. The lowest BCUT2D eigenvalue weighted by Gasteiger charge is -2.31. The van der Waals surface area contributed by atoms with E-state index in [1.807, 2.05) is 60.7 Å². The van der Waals surface area contributed by atoms with Crippen molar-refractivity contribution in [2.75, 3.05) is 6.54 Å². The molecule has 8 heteroatoms. The van der Waals surface area contributed by atoms with Gasteiger partial charge in [-0.2, -0.15) is 0 Å². The van der Waals surface area contributed by atoms with E-state index in [4.69, 9.17) is 0 Å². The number of hydrogen-bond acceptors (Lipinski definition) is 5. The summed E-state index contributed by atoms with van der Waals surface area (Å²) in [4.78, 5) is 33.1. The van der Waals surface area contributed by atoms with E-state index in [9.17, 15) is 9.59 Å². The number of rotatable bonds is 10. The van der Waals surface area contributed by atoms with Gasteiger partial charge in [0.05, 0.1) is 5.52 Å². The Morgan fingerprint density at radius 1 is 1.00 bits per heavy atom. The standard InChI is InChI=1S/C27H30N6O2/c1-20(2)14-16-29-27(35)26(22-11-8-15-28-17-22)32(18-21-9-4-3-5-10-21)25(34)19-33-24-13-7-6-12-23(24)30-31-33/h3-13,15,17,20,26H,14,16,18-19H2,1-2H3,(H,29,35)/t26-/m0/s1. The minimum atomic E-state index is -0.835. The van der Waals surface area contributed by atoms with Crippen LogP contribution in [0.3, 0.4) is 0 Å². The fourth-order valence-electron chi connectivity index (χ4n) is 3.95. The lowest BCUT2D eigenvalue weighted by molar-refractivity contribution is -0.142. The number of hydrogen-bond donors (Lipinski definition) is 1. The van der Waals surface area contributed by atoms with Crippen molar-refractivity contribution in [1.82, 2.24) is 30.2 Å². The largest absolute Gasteiger partial charge is 0.354 e. The smallest absolute Gasteiger partial charge is 0.247 e. The molecular weight excluding hydrogens is 440 g/mol. The van der Waals surface area contributed by atoms with Crippen LogP contribution >= 0.6 is 0 Å². The molecule has 0 fully saturated rings. The van der Waals surface area contributed by atoms with Gasteiger partial charge in [-0.05, 0) is 36.1 Å². The predicted molar refractivity (Wildman–Crippen MR) is 134 cm³/mol. The summed E-state index contributed by atoms with van der Waals surface area (Å²) in [6, 6.07) is 19.9. The highest BCUT2D eigenvalue weighted by Crippen LogP contribution is 2.24. The van der Waals surface area contributed by atoms with Crippen molar-refractivity contribution < 1.29 is 9.59 Å². The molecule has 0 spiro atoms. The highest BCUT2D eigenvalue weighted by molar-refractivity contribution is 5.89. The molecule has 0 bridgehead atoms. The maximum Gasteiger partial charge on any atom is 0.247 e. The summed E-state index contributed by atoms with van der Waals surface area (Å²) in [6.45, 7) is 4.98. The first-order chi connectivity index (χ1) is 17.0. The second-order valence-electron chi connectivity index (χ2n) is 8.91. The molecule has 1 N–H and O–H groups in total. The van der Waals surface area contributed by atoms with E-state index in [-0.39, 0.29) is 24.9 Å². The zero-order chi connectivity index (χ0) is 24.6. The maximum absolute atomic E-state index is 13.8. The topological polar surface area (TPSA) is 93.0 Å². The number of aromatic nitrogens is 4. The van der Waals surface area contributed by atoms with Crippen molar-refractivity contribution in [1.29, 1.82) is 0 Å². The molecule has 2 aromatic heterocycles. The molecule has 1 atom stereocenters. The lowest BCUT2D eigenvalue weighted by Crippen LogP contribution is -2.45. The molecule has 2 heterocycles. The van der Waals surface area contributed by atoms with Crippen LogP contribution < -0.4 is 5.32 Å². The zero-order valence-corrected chi connectivity index (χ0v) is 20.0. The summed E-state index contributed by atoms with van der Waals surface area (Å²) >= 11 is 0. The molecule has 0 aliphatic rings. The molecular formula is C27H30N6O2. The van der Waals surface area contributed by atoms with Crippen LogP contribution in [0, 0.1) is 5.92 Å². The van der Waals surface area contributed by atoms with Gasteiger partial charge in [-0.15, -0.1) is 5.10 Å². The molecule has 4 rings (SSSR count). The second kappa shape index (κ2) is 11.4. The molecule has 2 aromatic carbocycles. The number of pyridine rings is 1. The summed E-state index contributed by atoms with van der Waals surface area (Å²) in [5.41, 5.74) is 3.06. The fraction of sp³-hybridized carbons (Fsp3) is 0.296. The van der Waals surface area contributed by atoms with Gasteiger partial charge in [-0.1, -0.05) is 67.6 Å². The van der Waals surface area contributed by atoms with Gasteiger partial charge in [0, 0.05) is 31.0 Å². The lowest BCUT2D eigenvalue weighted by atomic mass is 10.0. The van der Waals surface area contributed by atoms with Gasteiger partial charge < -0.3 is 10.2 Å². The van der Waals surface area contributed by atoms with Crippen molar-refractivity contribution in [2.24, 2.45) is 5.92 Å². The van der Waals surface area contributed by atoms with Crippen LogP contribution in [0.5, 0.6) is 0 Å². The van der Waals surface area contributed by atoms with Crippen LogP contribution in [0.25, 0.3) is 11.0 Å². The van der Waals surface area contributed by atoms with E-state index in [0.717, 1.165) is 17.5 Å². The summed E-state index contributed by atoms with van der Waals surface area (Å²) < 4.78 is 1.58. The van der Waals surface area contributed by atoms with Gasteiger partial charge in [-0.25, -0.2) is 4.68 Å². The Morgan fingerprint density at radius 2 is 1.77 bits per heavy atom. The van der Waals surface area contributed by atoms with Crippen molar-refractivity contribution in [3.05, 3.63) is 90.3 Å². The molecule has 0 radical (unpaired) electrons. The highest BCUT2D eigenvalue weighted by atomic mass is 16.2. The normalized spacial score (nSPS) is 12.0. The molecule has 0 aliphatic carbocycles. The summed E-state index contributed by atoms with van der Waals surface area (Å²) in [5.74, 6) is -0.0152. The highest BCUT2D eigenvalue weighted by Gasteiger charge is 2.32. The number of nitrogens with one attached hydrogen (secondary N) is 1. The predicted octanol–water partition coefficient (Wildman–Crippen LogP) is 3.76. The van der Waals surface area contributed by atoms with E-state index >= 15 is 0 Å². The molecule has 0 unspecified atom stereocenters. The number of fused-ring (bicyclic) bond motifs is 1. The minimum Gasteiger partial charge on any atom is -0.354 e. The Kier molecular flexibility index (Phi) is 7.82. The number of para-hydroxylation sites is 1. The van der Waals surface area contributed by atoms with Gasteiger partial charge in [0.1, 0.15) is 18.1 Å². The van der Waals surface area contributed by atoms with Crippen LogP contribution in [0.1, 0.15) is 37.4 Å². The van der Waals surface area contributed by atoms with Crippen molar-refractivity contribution >= 4 is 22.8 Å². The summed E-state index contributed by atoms with van der Waals surface area (Å²) in [7, 11) is 0. The van der Waals surface area contributed by atoms with E-state index in [0.29, 0.717) is 23.5 Å². The molecule has 180 valence electrons. The van der Waals surface area contributed by atoms with Crippen LogP contribution in [0.4, 0.5) is 0 Å². The Labute approximate surface area is 205 Å². The average molecular weight is 471 g/mol. The molecule has 2 amide bonds. The Hall–Kier alpha value is -4.07. The number of nitrogens with zero attached hydrogens (tertiary/aromatic N) is 5. The SMILES string of the molecule is CC(C)CCNC(=O)[C@H](c1cccnc1)N(Cc1ccccc1)C(=O)Cn1nnc2ccccc21. The monoisotopic (exact) mass is 470 g/mol. The van der Waals surface area contributed by atoms with E-state index in [2.05, 4.69) is 34.5 Å². The minimum absolute atomic E-state index is 0.0383. The van der Waals surface area contributed by atoms with Crippen molar-refractivity contribution in [3.8, 4) is 0 Å². The summed E-state index contributed by atoms with van der Waals surface area (Å²) in [6.07, 6.45) is 4.15. The van der Waals surface area contributed by atoms with Gasteiger partial charge in [0.2, 0.25) is 11.8 Å². The number of carbonyl (C=O) groups excluding carboxylic acids is 2. The Morgan fingerprint density at radius 3 is 2.51 bits per heavy atom. The van der Waals surface area contributed by atoms with Crippen LogP contribution in [0.2, 0.25) is 0 Å². The molecule has 0 saturated heterocycles. The van der Waals surface area contributed by atoms with E-state index in [1.54, 1.807) is 28.0 Å². The van der Waals surface area contributed by atoms with Crippen molar-refractivity contribution in [2.45, 2.75) is 39.4 Å².